The maximum absolute atomic E-state index is 13.4. The third-order valence-electron chi connectivity index (χ3n) is 2.70. The number of hydrogen-bond donors (Lipinski definition) is 1. The van der Waals surface area contributed by atoms with Crippen molar-refractivity contribution in [2.75, 3.05) is 19.5 Å². The lowest BCUT2D eigenvalue weighted by molar-refractivity contribution is -0.00574. The van der Waals surface area contributed by atoms with Crippen LogP contribution in [0.2, 0.25) is 0 Å². The van der Waals surface area contributed by atoms with Crippen LogP contribution in [0.4, 0.5) is 10.1 Å². The van der Waals surface area contributed by atoms with Gasteiger partial charge in [-0.2, -0.15) is 0 Å². The van der Waals surface area contributed by atoms with Gasteiger partial charge in [0, 0.05) is 19.2 Å². The summed E-state index contributed by atoms with van der Waals surface area (Å²) in [4.78, 5) is 11.6. The van der Waals surface area contributed by atoms with Crippen molar-refractivity contribution >= 4 is 11.7 Å². The highest BCUT2D eigenvalue weighted by Crippen LogP contribution is 2.15. The van der Waals surface area contributed by atoms with E-state index in [2.05, 4.69) is 0 Å². The van der Waals surface area contributed by atoms with Crippen LogP contribution in [0.3, 0.4) is 0 Å². The molecule has 0 unspecified atom stereocenters. The maximum Gasteiger partial charge on any atom is 0.341 e. The number of esters is 1. The Kier molecular flexibility index (Phi) is 4.67. The zero-order valence-corrected chi connectivity index (χ0v) is 10.8. The number of nitrogens with two attached hydrogens (primary N) is 1. The van der Waals surface area contributed by atoms with Gasteiger partial charge in [0.2, 0.25) is 0 Å². The molecule has 4 nitrogen and oxygen atoms in total. The molecule has 0 bridgehead atoms. The molecule has 0 atom stereocenters. The van der Waals surface area contributed by atoms with E-state index in [9.17, 15) is 9.18 Å². The van der Waals surface area contributed by atoms with Crippen LogP contribution in [-0.4, -0.2) is 25.3 Å². The van der Waals surface area contributed by atoms with E-state index in [1.807, 2.05) is 13.8 Å². The van der Waals surface area contributed by atoms with E-state index >= 15 is 0 Å². The smallest absolute Gasteiger partial charge is 0.341 e. The molecule has 0 heterocycles. The highest BCUT2D eigenvalue weighted by atomic mass is 19.1. The summed E-state index contributed by atoms with van der Waals surface area (Å²) in [6.07, 6.45) is 0.534. The molecule has 0 fully saturated rings. The number of carbonyl (C=O) groups is 1. The molecule has 0 radical (unpaired) electrons. The number of nitrogen functional groups attached to an aromatic ring is 1. The molecule has 0 aliphatic rings. The van der Waals surface area contributed by atoms with Gasteiger partial charge in [-0.25, -0.2) is 9.18 Å². The van der Waals surface area contributed by atoms with Crippen LogP contribution in [0.25, 0.3) is 0 Å². The van der Waals surface area contributed by atoms with Gasteiger partial charge in [0.1, 0.15) is 5.82 Å². The minimum atomic E-state index is -0.695. The summed E-state index contributed by atoms with van der Waals surface area (Å²) in [7, 11) is 1.58. The van der Waals surface area contributed by atoms with Gasteiger partial charge in [0.05, 0.1) is 17.8 Å². The molecule has 1 aromatic rings. The van der Waals surface area contributed by atoms with E-state index < -0.39 is 11.8 Å². The van der Waals surface area contributed by atoms with Gasteiger partial charge in [-0.05, 0) is 32.0 Å². The largest absolute Gasteiger partial charge is 0.462 e. The fraction of sp³-hybridized carbons (Fsp3) is 0.462. The SMILES string of the molecule is COC(C)(C)CCOC(=O)c1ccc(N)cc1F. The predicted molar refractivity (Wildman–Crippen MR) is 66.8 cm³/mol. The van der Waals surface area contributed by atoms with Crippen LogP contribution in [0.5, 0.6) is 0 Å². The molecule has 5 heteroatoms. The molecule has 2 N–H and O–H groups in total. The Hall–Kier alpha value is -1.62. The molecule has 0 amide bonds. The summed E-state index contributed by atoms with van der Waals surface area (Å²) >= 11 is 0. The maximum atomic E-state index is 13.4. The quantitative estimate of drug-likeness (QED) is 0.648. The van der Waals surface area contributed by atoms with Crippen molar-refractivity contribution in [2.45, 2.75) is 25.9 Å². The van der Waals surface area contributed by atoms with Crippen molar-refractivity contribution in [3.8, 4) is 0 Å². The molecule has 18 heavy (non-hydrogen) atoms. The summed E-state index contributed by atoms with van der Waals surface area (Å²) in [6, 6.07) is 3.86. The van der Waals surface area contributed by atoms with Crippen molar-refractivity contribution in [3.05, 3.63) is 29.6 Å². The predicted octanol–water partition coefficient (Wildman–Crippen LogP) is 2.38. The molecule has 0 aromatic heterocycles. The van der Waals surface area contributed by atoms with Crippen LogP contribution in [-0.2, 0) is 9.47 Å². The number of halogens is 1. The molecule has 0 saturated carbocycles. The summed E-state index contributed by atoms with van der Waals surface area (Å²) < 4.78 is 23.6. The first kappa shape index (κ1) is 14.4. The molecule has 1 aromatic carbocycles. The summed E-state index contributed by atoms with van der Waals surface area (Å²) in [5.74, 6) is -1.37. The zero-order chi connectivity index (χ0) is 13.8. The Morgan fingerprint density at radius 3 is 2.67 bits per heavy atom. The Bertz CT molecular complexity index is 432. The number of rotatable bonds is 5. The molecule has 0 aliphatic heterocycles. The van der Waals surface area contributed by atoms with Crippen LogP contribution < -0.4 is 5.73 Å². The molecule has 0 saturated heterocycles. The lowest BCUT2D eigenvalue weighted by Gasteiger charge is -2.22. The van der Waals surface area contributed by atoms with Crippen LogP contribution in [0.1, 0.15) is 30.6 Å². The Balaban J connectivity index is 2.56. The van der Waals surface area contributed by atoms with Crippen molar-refractivity contribution < 1.29 is 18.7 Å². The van der Waals surface area contributed by atoms with Gasteiger partial charge in [0.15, 0.2) is 0 Å². The summed E-state index contributed by atoms with van der Waals surface area (Å²) in [5.41, 5.74) is 5.18. The Labute approximate surface area is 106 Å². The van der Waals surface area contributed by atoms with Gasteiger partial charge < -0.3 is 15.2 Å². The lowest BCUT2D eigenvalue weighted by Crippen LogP contribution is -2.25. The first-order valence-corrected chi connectivity index (χ1v) is 5.63. The fourth-order valence-corrected chi connectivity index (χ4v) is 1.27. The van der Waals surface area contributed by atoms with Gasteiger partial charge in [-0.3, -0.25) is 0 Å². The van der Waals surface area contributed by atoms with Gasteiger partial charge in [-0.1, -0.05) is 0 Å². The highest BCUT2D eigenvalue weighted by molar-refractivity contribution is 5.90. The van der Waals surface area contributed by atoms with E-state index in [4.69, 9.17) is 15.2 Å². The second-order valence-electron chi connectivity index (χ2n) is 4.59. The third-order valence-corrected chi connectivity index (χ3v) is 2.70. The number of ether oxygens (including phenoxy) is 2. The van der Waals surface area contributed by atoms with E-state index in [1.54, 1.807) is 7.11 Å². The number of carbonyl (C=O) groups excluding carboxylic acids is 1. The normalized spacial score (nSPS) is 11.3. The Morgan fingerprint density at radius 2 is 2.11 bits per heavy atom. The number of methoxy groups -OCH3 is 1. The summed E-state index contributed by atoms with van der Waals surface area (Å²) in [5, 5.41) is 0. The Morgan fingerprint density at radius 1 is 1.44 bits per heavy atom. The van der Waals surface area contributed by atoms with E-state index in [-0.39, 0.29) is 23.5 Å². The van der Waals surface area contributed by atoms with Crippen LogP contribution in [0, 0.1) is 5.82 Å². The number of benzene rings is 1. The average molecular weight is 255 g/mol. The second-order valence-corrected chi connectivity index (χ2v) is 4.59. The van der Waals surface area contributed by atoms with Gasteiger partial charge in [0.25, 0.3) is 0 Å². The van der Waals surface area contributed by atoms with Crippen LogP contribution >= 0.6 is 0 Å². The van der Waals surface area contributed by atoms with E-state index in [0.29, 0.717) is 6.42 Å². The minimum absolute atomic E-state index is 0.112. The van der Waals surface area contributed by atoms with Gasteiger partial charge in [-0.15, -0.1) is 0 Å². The fourth-order valence-electron chi connectivity index (χ4n) is 1.27. The van der Waals surface area contributed by atoms with E-state index in [1.165, 1.54) is 12.1 Å². The molecule has 1 rings (SSSR count). The highest BCUT2D eigenvalue weighted by Gasteiger charge is 2.18. The standard InChI is InChI=1S/C13H18FNO3/c1-13(2,17-3)6-7-18-12(16)10-5-4-9(15)8-11(10)14/h4-5,8H,6-7,15H2,1-3H3. The van der Waals surface area contributed by atoms with Crippen molar-refractivity contribution in [2.24, 2.45) is 0 Å². The van der Waals surface area contributed by atoms with Crippen LogP contribution in [0.15, 0.2) is 18.2 Å². The first-order chi connectivity index (χ1) is 8.35. The minimum Gasteiger partial charge on any atom is -0.462 e. The molecular formula is C13H18FNO3. The molecule has 100 valence electrons. The number of anilines is 1. The van der Waals surface area contributed by atoms with Crippen molar-refractivity contribution in [1.82, 2.24) is 0 Å². The van der Waals surface area contributed by atoms with E-state index in [0.717, 1.165) is 6.07 Å². The first-order valence-electron chi connectivity index (χ1n) is 5.63. The lowest BCUT2D eigenvalue weighted by atomic mass is 10.1. The topological polar surface area (TPSA) is 61.5 Å². The zero-order valence-electron chi connectivity index (χ0n) is 10.8. The summed E-state index contributed by atoms with van der Waals surface area (Å²) in [6.45, 7) is 3.93. The molecule has 0 aliphatic carbocycles. The van der Waals surface area contributed by atoms with Gasteiger partial charge >= 0.3 is 5.97 Å². The third kappa shape index (κ3) is 4.00. The average Bonchev–Trinajstić information content (AvgIpc) is 2.28. The second kappa shape index (κ2) is 5.82. The van der Waals surface area contributed by atoms with Crippen molar-refractivity contribution in [1.29, 1.82) is 0 Å². The van der Waals surface area contributed by atoms with Crippen molar-refractivity contribution in [3.63, 3.8) is 0 Å². The molecule has 0 spiro atoms. The molecular weight excluding hydrogens is 237 g/mol. The number of hydrogen-bond acceptors (Lipinski definition) is 4. The monoisotopic (exact) mass is 255 g/mol.